The van der Waals surface area contributed by atoms with Crippen molar-refractivity contribution >= 4 is 16.3 Å². The summed E-state index contributed by atoms with van der Waals surface area (Å²) in [6.45, 7) is 7.05. The van der Waals surface area contributed by atoms with E-state index in [4.69, 9.17) is 15.5 Å². The highest BCUT2D eigenvalue weighted by Crippen LogP contribution is 2.36. The molecule has 0 radical (unpaired) electrons. The molecule has 1 heterocycles. The van der Waals surface area contributed by atoms with Gasteiger partial charge in [-0.3, -0.25) is 0 Å². The van der Waals surface area contributed by atoms with Crippen molar-refractivity contribution in [1.82, 2.24) is 4.98 Å². The largest absolute Gasteiger partial charge is 0.389 e. The van der Waals surface area contributed by atoms with Gasteiger partial charge in [0.25, 0.3) is 0 Å². The first-order valence-corrected chi connectivity index (χ1v) is 7.08. The van der Waals surface area contributed by atoms with Crippen LogP contribution < -0.4 is 5.73 Å². The predicted molar refractivity (Wildman–Crippen MR) is 81.4 cm³/mol. The van der Waals surface area contributed by atoms with Crippen molar-refractivity contribution in [2.24, 2.45) is 0 Å². The van der Waals surface area contributed by atoms with Crippen LogP contribution in [-0.2, 0) is 16.8 Å². The first-order valence-electron chi connectivity index (χ1n) is 6.27. The number of nitrogens with zero attached hydrogens (tertiary/aromatic N) is 1. The molecule has 0 atom stereocenters. The molecule has 0 spiro atoms. The molecular formula is C15H20N2OS. The maximum Gasteiger partial charge on any atom is 0.114 e. The van der Waals surface area contributed by atoms with Gasteiger partial charge >= 0.3 is 0 Å². The molecule has 102 valence electrons. The summed E-state index contributed by atoms with van der Waals surface area (Å²) >= 11 is 1.57. The quantitative estimate of drug-likeness (QED) is 0.926. The maximum absolute atomic E-state index is 6.12. The number of anilines is 1. The summed E-state index contributed by atoms with van der Waals surface area (Å²) in [5.74, 6) is 0. The second-order valence-electron chi connectivity index (χ2n) is 5.62. The van der Waals surface area contributed by atoms with Crippen molar-refractivity contribution in [1.29, 1.82) is 0 Å². The number of aromatic nitrogens is 1. The van der Waals surface area contributed by atoms with Crippen LogP contribution in [0.5, 0.6) is 0 Å². The lowest BCUT2D eigenvalue weighted by Crippen LogP contribution is -2.10. The zero-order chi connectivity index (χ0) is 14.0. The number of hydrogen-bond acceptors (Lipinski definition) is 4. The normalized spacial score (nSPS) is 11.8. The van der Waals surface area contributed by atoms with Crippen LogP contribution in [0.4, 0.5) is 5.00 Å². The minimum absolute atomic E-state index is 0.0289. The summed E-state index contributed by atoms with van der Waals surface area (Å²) in [7, 11) is 1.70. The highest BCUT2D eigenvalue weighted by atomic mass is 32.1. The lowest BCUT2D eigenvalue weighted by molar-refractivity contribution is 0.185. The molecule has 0 aliphatic carbocycles. The number of nitrogen functional groups attached to an aromatic ring is 1. The molecule has 0 saturated heterocycles. The Labute approximate surface area is 118 Å². The molecule has 2 rings (SSSR count). The molecule has 0 unspecified atom stereocenters. The molecule has 1 aromatic carbocycles. The number of methoxy groups -OCH3 is 1. The van der Waals surface area contributed by atoms with Crippen LogP contribution >= 0.6 is 11.3 Å². The molecule has 4 heteroatoms. The van der Waals surface area contributed by atoms with Gasteiger partial charge in [-0.05, 0) is 11.6 Å². The molecular weight excluding hydrogens is 256 g/mol. The van der Waals surface area contributed by atoms with Crippen LogP contribution in [0.3, 0.4) is 0 Å². The van der Waals surface area contributed by atoms with Gasteiger partial charge in [0, 0.05) is 18.1 Å². The maximum atomic E-state index is 6.12. The summed E-state index contributed by atoms with van der Waals surface area (Å²) in [5, 5.41) is 1.84. The molecule has 3 nitrogen and oxygen atoms in total. The number of hydrogen-bond donors (Lipinski definition) is 1. The minimum atomic E-state index is 0.0289. The van der Waals surface area contributed by atoms with Crippen molar-refractivity contribution in [3.8, 4) is 11.3 Å². The number of rotatable bonds is 3. The number of benzene rings is 1. The van der Waals surface area contributed by atoms with E-state index in [0.717, 1.165) is 26.8 Å². The number of nitrogens with two attached hydrogens (primary N) is 1. The van der Waals surface area contributed by atoms with Crippen molar-refractivity contribution < 1.29 is 4.74 Å². The van der Waals surface area contributed by atoms with Gasteiger partial charge in [-0.1, -0.05) is 39.0 Å². The van der Waals surface area contributed by atoms with Crippen LogP contribution in [0.25, 0.3) is 11.3 Å². The van der Waals surface area contributed by atoms with Crippen LogP contribution in [0, 0.1) is 0 Å². The van der Waals surface area contributed by atoms with Crippen LogP contribution in [0.2, 0.25) is 0 Å². The summed E-state index contributed by atoms with van der Waals surface area (Å²) in [6, 6.07) is 8.18. The van der Waals surface area contributed by atoms with E-state index in [0.29, 0.717) is 6.61 Å². The second-order valence-corrected chi connectivity index (χ2v) is 6.65. The van der Waals surface area contributed by atoms with Gasteiger partial charge in [-0.2, -0.15) is 0 Å². The molecule has 2 N–H and O–H groups in total. The Hall–Kier alpha value is -1.39. The lowest BCUT2D eigenvalue weighted by Gasteiger charge is -2.13. The second kappa shape index (κ2) is 5.31. The fraction of sp³-hybridized carbons (Fsp3) is 0.400. The van der Waals surface area contributed by atoms with E-state index in [1.165, 1.54) is 0 Å². The Morgan fingerprint density at radius 1 is 1.32 bits per heavy atom. The monoisotopic (exact) mass is 276 g/mol. The topological polar surface area (TPSA) is 48.1 Å². The van der Waals surface area contributed by atoms with Gasteiger partial charge in [0.1, 0.15) is 15.7 Å². The number of ether oxygens (including phenoxy) is 1. The summed E-state index contributed by atoms with van der Waals surface area (Å²) < 4.78 is 5.16. The SMILES string of the molecule is COCc1cccc(-c2nc(C(C)(C)C)sc2N)c1. The summed E-state index contributed by atoms with van der Waals surface area (Å²) in [5.41, 5.74) is 9.21. The summed E-state index contributed by atoms with van der Waals surface area (Å²) in [6.07, 6.45) is 0. The Kier molecular flexibility index (Phi) is 3.92. The molecule has 19 heavy (non-hydrogen) atoms. The van der Waals surface area contributed by atoms with Gasteiger partial charge in [0.15, 0.2) is 0 Å². The zero-order valence-electron chi connectivity index (χ0n) is 11.9. The third-order valence-corrected chi connectivity index (χ3v) is 4.12. The highest BCUT2D eigenvalue weighted by molar-refractivity contribution is 7.16. The smallest absolute Gasteiger partial charge is 0.114 e. The van der Waals surface area contributed by atoms with Gasteiger partial charge in [0.2, 0.25) is 0 Å². The Morgan fingerprint density at radius 2 is 2.05 bits per heavy atom. The van der Waals surface area contributed by atoms with Gasteiger partial charge in [-0.25, -0.2) is 4.98 Å². The molecule has 1 aromatic heterocycles. The van der Waals surface area contributed by atoms with Crippen molar-refractivity contribution in [2.75, 3.05) is 12.8 Å². The van der Waals surface area contributed by atoms with E-state index in [1.807, 2.05) is 18.2 Å². The molecule has 0 bridgehead atoms. The highest BCUT2D eigenvalue weighted by Gasteiger charge is 2.21. The van der Waals surface area contributed by atoms with Crippen LogP contribution in [0.15, 0.2) is 24.3 Å². The van der Waals surface area contributed by atoms with Gasteiger partial charge in [0.05, 0.1) is 6.61 Å². The van der Waals surface area contributed by atoms with Crippen LogP contribution in [0.1, 0.15) is 31.3 Å². The van der Waals surface area contributed by atoms with Crippen molar-refractivity contribution in [2.45, 2.75) is 32.8 Å². The molecule has 0 aliphatic rings. The van der Waals surface area contributed by atoms with E-state index in [9.17, 15) is 0 Å². The van der Waals surface area contributed by atoms with Crippen molar-refractivity contribution in [3.05, 3.63) is 34.8 Å². The van der Waals surface area contributed by atoms with E-state index in [1.54, 1.807) is 18.4 Å². The fourth-order valence-electron chi connectivity index (χ4n) is 1.83. The molecule has 0 amide bonds. The Balaban J connectivity index is 2.41. The molecule has 0 saturated carbocycles. The first kappa shape index (κ1) is 14.0. The lowest BCUT2D eigenvalue weighted by atomic mass is 9.98. The van der Waals surface area contributed by atoms with Gasteiger partial charge in [-0.15, -0.1) is 11.3 Å². The van der Waals surface area contributed by atoms with Crippen LogP contribution in [-0.4, -0.2) is 12.1 Å². The molecule has 2 aromatic rings. The predicted octanol–water partition coefficient (Wildman–Crippen LogP) is 3.84. The van der Waals surface area contributed by atoms with E-state index >= 15 is 0 Å². The molecule has 0 aliphatic heterocycles. The first-order chi connectivity index (χ1) is 8.91. The summed E-state index contributed by atoms with van der Waals surface area (Å²) in [4.78, 5) is 4.71. The minimum Gasteiger partial charge on any atom is -0.389 e. The van der Waals surface area contributed by atoms with Gasteiger partial charge < -0.3 is 10.5 Å². The molecule has 0 fully saturated rings. The Morgan fingerprint density at radius 3 is 2.63 bits per heavy atom. The third-order valence-electron chi connectivity index (χ3n) is 2.81. The van der Waals surface area contributed by atoms with E-state index < -0.39 is 0 Å². The average Bonchev–Trinajstić information content (AvgIpc) is 2.72. The zero-order valence-corrected chi connectivity index (χ0v) is 12.7. The standard InChI is InChI=1S/C15H20N2OS/c1-15(2,3)14-17-12(13(16)19-14)11-7-5-6-10(8-11)9-18-4/h5-8H,9,16H2,1-4H3. The number of thiazole rings is 1. The van der Waals surface area contributed by atoms with Crippen molar-refractivity contribution in [3.63, 3.8) is 0 Å². The fourth-order valence-corrected chi connectivity index (χ4v) is 2.75. The average molecular weight is 276 g/mol. The van der Waals surface area contributed by atoms with E-state index in [-0.39, 0.29) is 5.41 Å². The van der Waals surface area contributed by atoms with E-state index in [2.05, 4.69) is 26.8 Å². The third kappa shape index (κ3) is 3.14. The Bertz CT molecular complexity index is 570.